The van der Waals surface area contributed by atoms with Crippen molar-refractivity contribution in [2.75, 3.05) is 20.1 Å². The molecule has 2 aromatic heterocycles. The summed E-state index contributed by atoms with van der Waals surface area (Å²) in [5, 5.41) is 15.6. The molecule has 1 N–H and O–H groups in total. The van der Waals surface area contributed by atoms with Crippen LogP contribution in [-0.4, -0.2) is 52.2 Å². The normalized spacial score (nSPS) is 15.4. The van der Waals surface area contributed by atoms with Crippen LogP contribution in [0.5, 0.6) is 0 Å². The van der Waals surface area contributed by atoms with Crippen molar-refractivity contribution in [3.63, 3.8) is 0 Å². The van der Waals surface area contributed by atoms with Crippen LogP contribution in [0.3, 0.4) is 0 Å². The van der Waals surface area contributed by atoms with Crippen molar-refractivity contribution in [3.8, 4) is 10.6 Å². The summed E-state index contributed by atoms with van der Waals surface area (Å²) in [5.74, 6) is 0.160. The van der Waals surface area contributed by atoms with Gasteiger partial charge < -0.3 is 10.2 Å². The molecule has 0 saturated carbocycles. The first-order valence-electron chi connectivity index (χ1n) is 9.26. The van der Waals surface area contributed by atoms with Gasteiger partial charge in [0.25, 0.3) is 0 Å². The molecule has 1 aliphatic rings. The number of nitrogens with zero attached hydrogens (tertiary/aromatic N) is 4. The van der Waals surface area contributed by atoms with Crippen LogP contribution in [0, 0.1) is 6.92 Å². The molecule has 3 aromatic rings. The Morgan fingerprint density at radius 1 is 1.22 bits per heavy atom. The van der Waals surface area contributed by atoms with Crippen LogP contribution in [0.1, 0.15) is 23.5 Å². The number of aryl methyl sites for hydroxylation is 1. The zero-order valence-corrected chi connectivity index (χ0v) is 16.4. The molecule has 4 rings (SSSR count). The van der Waals surface area contributed by atoms with Crippen molar-refractivity contribution in [1.29, 1.82) is 0 Å². The molecule has 3 heterocycles. The molecule has 1 aromatic carbocycles. The maximum Gasteiger partial charge on any atom is 0.228 e. The van der Waals surface area contributed by atoms with E-state index in [0.717, 1.165) is 58.0 Å². The van der Waals surface area contributed by atoms with Gasteiger partial charge >= 0.3 is 0 Å². The lowest BCUT2D eigenvalue weighted by molar-refractivity contribution is -0.131. The number of amides is 1. The van der Waals surface area contributed by atoms with Crippen LogP contribution < -0.4 is 5.32 Å². The van der Waals surface area contributed by atoms with Crippen molar-refractivity contribution in [1.82, 2.24) is 25.4 Å². The van der Waals surface area contributed by atoms with Crippen LogP contribution in [-0.2, 0) is 11.2 Å². The third-order valence-corrected chi connectivity index (χ3v) is 6.03. The predicted octanol–water partition coefficient (Wildman–Crippen LogP) is 2.81. The number of hydrogen-bond donors (Lipinski definition) is 1. The van der Waals surface area contributed by atoms with Crippen LogP contribution in [0.2, 0.25) is 0 Å². The molecule has 0 aliphatic carbocycles. The van der Waals surface area contributed by atoms with Crippen molar-refractivity contribution in [2.24, 2.45) is 0 Å². The SMILES string of the molecule is CNC1CCN(C(=O)Cc2cc3cc(-c4nnc(C)s4)ccc3cn2)CC1. The smallest absolute Gasteiger partial charge is 0.228 e. The highest BCUT2D eigenvalue weighted by Gasteiger charge is 2.22. The first kappa shape index (κ1) is 18.0. The van der Waals surface area contributed by atoms with Gasteiger partial charge in [-0.3, -0.25) is 9.78 Å². The minimum Gasteiger partial charge on any atom is -0.342 e. The summed E-state index contributed by atoms with van der Waals surface area (Å²) in [7, 11) is 1.98. The van der Waals surface area contributed by atoms with E-state index in [9.17, 15) is 4.79 Å². The Labute approximate surface area is 162 Å². The maximum absolute atomic E-state index is 12.6. The highest BCUT2D eigenvalue weighted by Crippen LogP contribution is 2.27. The molecule has 140 valence electrons. The van der Waals surface area contributed by atoms with Crippen LogP contribution >= 0.6 is 11.3 Å². The number of fused-ring (bicyclic) bond motifs is 1. The highest BCUT2D eigenvalue weighted by atomic mass is 32.1. The summed E-state index contributed by atoms with van der Waals surface area (Å²) in [6.07, 6.45) is 4.22. The summed E-state index contributed by atoms with van der Waals surface area (Å²) in [4.78, 5) is 19.1. The number of aromatic nitrogens is 3. The van der Waals surface area contributed by atoms with Gasteiger partial charge in [0.05, 0.1) is 12.1 Å². The average Bonchev–Trinajstić information content (AvgIpc) is 3.14. The van der Waals surface area contributed by atoms with E-state index in [1.54, 1.807) is 11.3 Å². The molecule has 1 amide bonds. The predicted molar refractivity (Wildman–Crippen MR) is 108 cm³/mol. The van der Waals surface area contributed by atoms with Gasteiger partial charge in [-0.2, -0.15) is 0 Å². The molecule has 0 atom stereocenters. The third kappa shape index (κ3) is 3.99. The van der Waals surface area contributed by atoms with Crippen LogP contribution in [0.25, 0.3) is 21.3 Å². The molecular formula is C20H23N5OS. The van der Waals surface area contributed by atoms with E-state index in [0.29, 0.717) is 12.5 Å². The Balaban J connectivity index is 1.51. The molecule has 1 saturated heterocycles. The third-order valence-electron chi connectivity index (χ3n) is 5.14. The standard InChI is InChI=1S/C20H23N5OS/c1-13-23-24-20(27-13)14-3-4-15-12-22-18(10-16(15)9-14)11-19(26)25-7-5-17(21-2)6-8-25/h3-4,9-10,12,17,21H,5-8,11H2,1-2H3. The monoisotopic (exact) mass is 381 g/mol. The number of carbonyl (C=O) groups excluding carboxylic acids is 1. The molecular weight excluding hydrogens is 358 g/mol. The lowest BCUT2D eigenvalue weighted by atomic mass is 10.0. The van der Waals surface area contributed by atoms with Gasteiger partial charge in [-0.05, 0) is 44.3 Å². The zero-order valence-electron chi connectivity index (χ0n) is 15.6. The molecule has 0 radical (unpaired) electrons. The van der Waals surface area contributed by atoms with Gasteiger partial charge in [-0.15, -0.1) is 10.2 Å². The minimum atomic E-state index is 0.160. The van der Waals surface area contributed by atoms with Crippen molar-refractivity contribution in [3.05, 3.63) is 41.2 Å². The summed E-state index contributed by atoms with van der Waals surface area (Å²) in [6.45, 7) is 3.59. The average molecular weight is 382 g/mol. The molecule has 0 unspecified atom stereocenters. The van der Waals surface area contributed by atoms with E-state index >= 15 is 0 Å². The fraction of sp³-hybridized carbons (Fsp3) is 0.400. The van der Waals surface area contributed by atoms with Crippen molar-refractivity contribution in [2.45, 2.75) is 32.2 Å². The van der Waals surface area contributed by atoms with Gasteiger partial charge in [0.15, 0.2) is 0 Å². The number of pyridine rings is 1. The summed E-state index contributed by atoms with van der Waals surface area (Å²) in [6, 6.07) is 8.73. The van der Waals surface area contributed by atoms with Gasteiger partial charge in [-0.1, -0.05) is 23.5 Å². The highest BCUT2D eigenvalue weighted by molar-refractivity contribution is 7.14. The quantitative estimate of drug-likeness (QED) is 0.752. The number of carbonyl (C=O) groups is 1. The second kappa shape index (κ2) is 7.70. The van der Waals surface area contributed by atoms with Gasteiger partial charge in [-0.25, -0.2) is 0 Å². The zero-order chi connectivity index (χ0) is 18.8. The lowest BCUT2D eigenvalue weighted by Crippen LogP contribution is -2.44. The maximum atomic E-state index is 12.6. The molecule has 1 fully saturated rings. The largest absolute Gasteiger partial charge is 0.342 e. The van der Waals surface area contributed by atoms with Crippen LogP contribution in [0.15, 0.2) is 30.5 Å². The number of benzene rings is 1. The Bertz CT molecular complexity index is 962. The number of rotatable bonds is 4. The Kier molecular flexibility index (Phi) is 5.13. The van der Waals surface area contributed by atoms with Crippen molar-refractivity contribution >= 4 is 28.0 Å². The molecule has 27 heavy (non-hydrogen) atoms. The first-order valence-corrected chi connectivity index (χ1v) is 10.1. The Morgan fingerprint density at radius 2 is 2.04 bits per heavy atom. The Morgan fingerprint density at radius 3 is 2.74 bits per heavy atom. The summed E-state index contributed by atoms with van der Waals surface area (Å²) >= 11 is 1.58. The van der Waals surface area contributed by atoms with Gasteiger partial charge in [0.2, 0.25) is 5.91 Å². The van der Waals surface area contributed by atoms with Crippen molar-refractivity contribution < 1.29 is 4.79 Å². The number of nitrogens with one attached hydrogen (secondary N) is 1. The Hall–Kier alpha value is -2.38. The summed E-state index contributed by atoms with van der Waals surface area (Å²) < 4.78 is 0. The van der Waals surface area contributed by atoms with E-state index in [1.165, 1.54) is 0 Å². The fourth-order valence-electron chi connectivity index (χ4n) is 3.51. The first-order chi connectivity index (χ1) is 13.1. The van der Waals surface area contributed by atoms with Gasteiger partial charge in [0, 0.05) is 36.3 Å². The molecule has 0 bridgehead atoms. The summed E-state index contributed by atoms with van der Waals surface area (Å²) in [5.41, 5.74) is 1.86. The second-order valence-electron chi connectivity index (χ2n) is 6.98. The molecule has 6 nitrogen and oxygen atoms in total. The minimum absolute atomic E-state index is 0.160. The van der Waals surface area contributed by atoms with E-state index in [1.807, 2.05) is 43.3 Å². The van der Waals surface area contributed by atoms with E-state index in [2.05, 4.69) is 26.6 Å². The van der Waals surface area contributed by atoms with E-state index in [4.69, 9.17) is 0 Å². The molecule has 0 spiro atoms. The van der Waals surface area contributed by atoms with Crippen LogP contribution in [0.4, 0.5) is 0 Å². The number of piperidine rings is 1. The number of likely N-dealkylation sites (tertiary alicyclic amines) is 1. The fourth-order valence-corrected chi connectivity index (χ4v) is 4.20. The van der Waals surface area contributed by atoms with E-state index < -0.39 is 0 Å². The topological polar surface area (TPSA) is 71.0 Å². The molecule has 1 aliphatic heterocycles. The van der Waals surface area contributed by atoms with Gasteiger partial charge in [0.1, 0.15) is 10.0 Å². The molecule has 7 heteroatoms. The lowest BCUT2D eigenvalue weighted by Gasteiger charge is -2.31. The second-order valence-corrected chi connectivity index (χ2v) is 8.17. The number of hydrogen-bond acceptors (Lipinski definition) is 6. The van der Waals surface area contributed by atoms with E-state index in [-0.39, 0.29) is 5.91 Å².